The average molecular weight is 282 g/mol. The fourth-order valence-electron chi connectivity index (χ4n) is 2.06. The van der Waals surface area contributed by atoms with E-state index >= 15 is 0 Å². The number of benzene rings is 1. The van der Waals surface area contributed by atoms with Gasteiger partial charge in [0, 0.05) is 6.04 Å². The lowest BCUT2D eigenvalue weighted by Crippen LogP contribution is -2.39. The van der Waals surface area contributed by atoms with Gasteiger partial charge in [0.05, 0.1) is 4.90 Å². The largest absolute Gasteiger partial charge is 0.317 e. The molecule has 1 fully saturated rings. The fourth-order valence-corrected chi connectivity index (χ4v) is 3.36. The zero-order valence-electron chi connectivity index (χ0n) is 11.4. The molecule has 0 saturated heterocycles. The maximum Gasteiger partial charge on any atom is 0.240 e. The summed E-state index contributed by atoms with van der Waals surface area (Å²) in [4.78, 5) is 0.367. The SMILES string of the molecule is CCNCCc1ccc(S(=O)(=O)NC2CCC2)cc1. The van der Waals surface area contributed by atoms with Gasteiger partial charge < -0.3 is 5.32 Å². The molecule has 0 radical (unpaired) electrons. The van der Waals surface area contributed by atoms with Crippen molar-refractivity contribution in [2.75, 3.05) is 13.1 Å². The normalized spacial score (nSPS) is 16.3. The molecule has 2 N–H and O–H groups in total. The third kappa shape index (κ3) is 4.03. The van der Waals surface area contributed by atoms with Crippen molar-refractivity contribution in [3.05, 3.63) is 29.8 Å². The Labute approximate surface area is 115 Å². The van der Waals surface area contributed by atoms with E-state index in [-0.39, 0.29) is 6.04 Å². The van der Waals surface area contributed by atoms with Crippen LogP contribution in [0.25, 0.3) is 0 Å². The molecule has 1 aliphatic carbocycles. The molecular weight excluding hydrogens is 260 g/mol. The highest BCUT2D eigenvalue weighted by molar-refractivity contribution is 7.89. The van der Waals surface area contributed by atoms with E-state index in [2.05, 4.69) is 17.0 Å². The van der Waals surface area contributed by atoms with Crippen LogP contribution in [0.3, 0.4) is 0 Å². The molecule has 1 aromatic carbocycles. The summed E-state index contributed by atoms with van der Waals surface area (Å²) in [7, 11) is -3.33. The van der Waals surface area contributed by atoms with Gasteiger partial charge in [-0.3, -0.25) is 0 Å². The van der Waals surface area contributed by atoms with Crippen LogP contribution in [-0.4, -0.2) is 27.5 Å². The molecule has 106 valence electrons. The highest BCUT2D eigenvalue weighted by Gasteiger charge is 2.24. The van der Waals surface area contributed by atoms with E-state index in [0.29, 0.717) is 4.90 Å². The Morgan fingerprint density at radius 2 is 1.89 bits per heavy atom. The molecule has 1 aromatic rings. The highest BCUT2D eigenvalue weighted by Crippen LogP contribution is 2.21. The van der Waals surface area contributed by atoms with Crippen LogP contribution in [-0.2, 0) is 16.4 Å². The Morgan fingerprint density at radius 1 is 1.21 bits per heavy atom. The molecule has 0 atom stereocenters. The van der Waals surface area contributed by atoms with Crippen LogP contribution < -0.4 is 10.0 Å². The molecule has 0 aliphatic heterocycles. The second-order valence-electron chi connectivity index (χ2n) is 5.00. The summed E-state index contributed by atoms with van der Waals surface area (Å²) in [6, 6.07) is 7.32. The number of sulfonamides is 1. The van der Waals surface area contributed by atoms with Crippen molar-refractivity contribution in [1.29, 1.82) is 0 Å². The Morgan fingerprint density at radius 3 is 2.42 bits per heavy atom. The summed E-state index contributed by atoms with van der Waals surface area (Å²) in [5, 5.41) is 3.25. The Kier molecular flexibility index (Phi) is 4.96. The maximum absolute atomic E-state index is 12.1. The molecule has 0 heterocycles. The Hall–Kier alpha value is -0.910. The highest BCUT2D eigenvalue weighted by atomic mass is 32.2. The first kappa shape index (κ1) is 14.5. The molecule has 5 heteroatoms. The topological polar surface area (TPSA) is 58.2 Å². The minimum Gasteiger partial charge on any atom is -0.317 e. The minimum atomic E-state index is -3.33. The van der Waals surface area contributed by atoms with E-state index in [9.17, 15) is 8.42 Å². The van der Waals surface area contributed by atoms with Gasteiger partial charge in [-0.25, -0.2) is 13.1 Å². The number of likely N-dealkylation sites (N-methyl/N-ethyl adjacent to an activating group) is 1. The summed E-state index contributed by atoms with van der Waals surface area (Å²) < 4.78 is 26.9. The van der Waals surface area contributed by atoms with Crippen LogP contribution in [0.4, 0.5) is 0 Å². The Balaban J connectivity index is 1.96. The van der Waals surface area contributed by atoms with Crippen LogP contribution in [0.5, 0.6) is 0 Å². The van der Waals surface area contributed by atoms with Gasteiger partial charge in [-0.1, -0.05) is 25.5 Å². The number of hydrogen-bond donors (Lipinski definition) is 2. The van der Waals surface area contributed by atoms with Gasteiger partial charge in [0.2, 0.25) is 10.0 Å². The quantitative estimate of drug-likeness (QED) is 0.748. The molecule has 0 amide bonds. The van der Waals surface area contributed by atoms with Crippen LogP contribution in [0.15, 0.2) is 29.2 Å². The summed E-state index contributed by atoms with van der Waals surface area (Å²) >= 11 is 0. The van der Waals surface area contributed by atoms with Crippen LogP contribution in [0.1, 0.15) is 31.7 Å². The van der Waals surface area contributed by atoms with Crippen molar-refractivity contribution in [1.82, 2.24) is 10.0 Å². The number of rotatable bonds is 7. The number of nitrogens with one attached hydrogen (secondary N) is 2. The van der Waals surface area contributed by atoms with Gasteiger partial charge in [-0.15, -0.1) is 0 Å². The molecule has 1 saturated carbocycles. The predicted molar refractivity (Wildman–Crippen MR) is 76.7 cm³/mol. The molecule has 2 rings (SSSR count). The molecule has 0 bridgehead atoms. The Bertz CT molecular complexity index is 493. The first-order valence-electron chi connectivity index (χ1n) is 6.94. The molecule has 0 spiro atoms. The molecule has 1 aliphatic rings. The second kappa shape index (κ2) is 6.50. The zero-order chi connectivity index (χ0) is 13.7. The van der Waals surface area contributed by atoms with Gasteiger partial charge in [0.15, 0.2) is 0 Å². The van der Waals surface area contributed by atoms with Crippen molar-refractivity contribution in [2.45, 2.75) is 43.5 Å². The first-order chi connectivity index (χ1) is 9.12. The van der Waals surface area contributed by atoms with E-state index in [4.69, 9.17) is 0 Å². The van der Waals surface area contributed by atoms with Gasteiger partial charge in [0.1, 0.15) is 0 Å². The van der Waals surface area contributed by atoms with Gasteiger partial charge in [-0.05, 0) is 50.0 Å². The molecular formula is C14H22N2O2S. The first-order valence-corrected chi connectivity index (χ1v) is 8.42. The van der Waals surface area contributed by atoms with E-state index in [1.165, 1.54) is 0 Å². The molecule has 0 unspecified atom stereocenters. The second-order valence-corrected chi connectivity index (χ2v) is 6.71. The third-order valence-corrected chi connectivity index (χ3v) is 5.04. The summed E-state index contributed by atoms with van der Waals surface area (Å²) in [6.07, 6.45) is 3.96. The average Bonchev–Trinajstić information content (AvgIpc) is 2.35. The summed E-state index contributed by atoms with van der Waals surface area (Å²) in [6.45, 7) is 3.95. The van der Waals surface area contributed by atoms with E-state index in [0.717, 1.165) is 44.3 Å². The van der Waals surface area contributed by atoms with Crippen molar-refractivity contribution < 1.29 is 8.42 Å². The smallest absolute Gasteiger partial charge is 0.240 e. The van der Waals surface area contributed by atoms with E-state index < -0.39 is 10.0 Å². The van der Waals surface area contributed by atoms with Crippen LogP contribution >= 0.6 is 0 Å². The standard InChI is InChI=1S/C14H22N2O2S/c1-2-15-11-10-12-6-8-14(9-7-12)19(17,18)16-13-4-3-5-13/h6-9,13,15-16H,2-5,10-11H2,1H3. The lowest BCUT2D eigenvalue weighted by atomic mass is 9.94. The summed E-state index contributed by atoms with van der Waals surface area (Å²) in [5.74, 6) is 0. The molecule has 0 aromatic heterocycles. The van der Waals surface area contributed by atoms with Crippen LogP contribution in [0.2, 0.25) is 0 Å². The summed E-state index contributed by atoms with van der Waals surface area (Å²) in [5.41, 5.74) is 1.16. The van der Waals surface area contributed by atoms with Crippen molar-refractivity contribution >= 4 is 10.0 Å². The van der Waals surface area contributed by atoms with E-state index in [1.54, 1.807) is 12.1 Å². The van der Waals surface area contributed by atoms with Crippen molar-refractivity contribution in [3.63, 3.8) is 0 Å². The van der Waals surface area contributed by atoms with Gasteiger partial charge in [-0.2, -0.15) is 0 Å². The van der Waals surface area contributed by atoms with E-state index in [1.807, 2.05) is 12.1 Å². The number of hydrogen-bond acceptors (Lipinski definition) is 3. The lowest BCUT2D eigenvalue weighted by molar-refractivity contribution is 0.383. The van der Waals surface area contributed by atoms with Crippen molar-refractivity contribution in [3.8, 4) is 0 Å². The van der Waals surface area contributed by atoms with Crippen LogP contribution in [0, 0.1) is 0 Å². The lowest BCUT2D eigenvalue weighted by Gasteiger charge is -2.26. The van der Waals surface area contributed by atoms with Gasteiger partial charge in [0.25, 0.3) is 0 Å². The molecule has 4 nitrogen and oxygen atoms in total. The monoisotopic (exact) mass is 282 g/mol. The zero-order valence-corrected chi connectivity index (χ0v) is 12.2. The third-order valence-electron chi connectivity index (χ3n) is 3.50. The fraction of sp³-hybridized carbons (Fsp3) is 0.571. The van der Waals surface area contributed by atoms with Crippen molar-refractivity contribution in [2.24, 2.45) is 0 Å². The minimum absolute atomic E-state index is 0.137. The predicted octanol–water partition coefficient (Wildman–Crippen LogP) is 1.67. The van der Waals surface area contributed by atoms with Gasteiger partial charge >= 0.3 is 0 Å². The molecule has 19 heavy (non-hydrogen) atoms. The maximum atomic E-state index is 12.1.